The molecule has 2 N–H and O–H groups in total. The number of aryl methyl sites for hydroxylation is 1. The SMILES string of the molecule is CC(=O)N1CCN(c2cc(C)c(F)cc2C(C)N)CC1. The second-order valence-electron chi connectivity index (χ2n) is 5.44. The average Bonchev–Trinajstić information content (AvgIpc) is 2.41. The van der Waals surface area contributed by atoms with E-state index in [2.05, 4.69) is 4.90 Å². The van der Waals surface area contributed by atoms with Crippen molar-refractivity contribution in [3.63, 3.8) is 0 Å². The Hall–Kier alpha value is -1.62. The summed E-state index contributed by atoms with van der Waals surface area (Å²) in [5.74, 6) is -0.115. The molecule has 0 saturated carbocycles. The molecule has 1 aromatic rings. The monoisotopic (exact) mass is 279 g/mol. The van der Waals surface area contributed by atoms with Crippen molar-refractivity contribution in [1.82, 2.24) is 4.90 Å². The van der Waals surface area contributed by atoms with Crippen molar-refractivity contribution in [1.29, 1.82) is 0 Å². The molecule has 1 aliphatic heterocycles. The van der Waals surface area contributed by atoms with E-state index < -0.39 is 0 Å². The molecule has 1 saturated heterocycles. The lowest BCUT2D eigenvalue weighted by atomic mass is 10.0. The fourth-order valence-corrected chi connectivity index (χ4v) is 2.58. The number of hydrogen-bond donors (Lipinski definition) is 1. The molecule has 1 heterocycles. The maximum Gasteiger partial charge on any atom is 0.219 e. The highest BCUT2D eigenvalue weighted by atomic mass is 19.1. The normalized spacial score (nSPS) is 17.2. The third-order valence-corrected chi connectivity index (χ3v) is 3.86. The van der Waals surface area contributed by atoms with E-state index in [0.717, 1.165) is 24.3 Å². The number of halogens is 1. The molecule has 0 radical (unpaired) electrons. The fraction of sp³-hybridized carbons (Fsp3) is 0.533. The molecule has 0 aliphatic carbocycles. The molecule has 1 aliphatic rings. The summed E-state index contributed by atoms with van der Waals surface area (Å²) in [6, 6.07) is 3.18. The van der Waals surface area contributed by atoms with E-state index in [1.54, 1.807) is 13.8 Å². The van der Waals surface area contributed by atoms with Crippen molar-refractivity contribution in [3.8, 4) is 0 Å². The van der Waals surface area contributed by atoms with Crippen molar-refractivity contribution in [2.75, 3.05) is 31.1 Å². The van der Waals surface area contributed by atoms with Crippen LogP contribution in [0, 0.1) is 12.7 Å². The lowest BCUT2D eigenvalue weighted by Crippen LogP contribution is -2.48. The Balaban J connectivity index is 2.25. The van der Waals surface area contributed by atoms with Crippen LogP contribution < -0.4 is 10.6 Å². The lowest BCUT2D eigenvalue weighted by molar-refractivity contribution is -0.129. The Morgan fingerprint density at radius 1 is 1.30 bits per heavy atom. The second-order valence-corrected chi connectivity index (χ2v) is 5.44. The predicted molar refractivity (Wildman–Crippen MR) is 78.2 cm³/mol. The molecule has 1 fully saturated rings. The third-order valence-electron chi connectivity index (χ3n) is 3.86. The molecule has 1 amide bonds. The predicted octanol–water partition coefficient (Wildman–Crippen LogP) is 1.82. The van der Waals surface area contributed by atoms with E-state index >= 15 is 0 Å². The molecule has 0 bridgehead atoms. The molecular formula is C15H22FN3O. The maximum absolute atomic E-state index is 13.7. The summed E-state index contributed by atoms with van der Waals surface area (Å²) in [6.07, 6.45) is 0. The molecule has 5 heteroatoms. The molecule has 1 aromatic carbocycles. The van der Waals surface area contributed by atoms with Crippen LogP contribution in [0.25, 0.3) is 0 Å². The summed E-state index contributed by atoms with van der Waals surface area (Å²) in [5.41, 5.74) is 8.39. The van der Waals surface area contributed by atoms with Crippen LogP contribution in [-0.4, -0.2) is 37.0 Å². The molecule has 1 unspecified atom stereocenters. The quantitative estimate of drug-likeness (QED) is 0.898. The van der Waals surface area contributed by atoms with E-state index in [1.165, 1.54) is 6.07 Å². The maximum atomic E-state index is 13.7. The number of amides is 1. The number of nitrogens with two attached hydrogens (primary N) is 1. The second kappa shape index (κ2) is 5.79. The molecule has 1 atom stereocenters. The van der Waals surface area contributed by atoms with Gasteiger partial charge >= 0.3 is 0 Å². The van der Waals surface area contributed by atoms with Crippen LogP contribution in [0.3, 0.4) is 0 Å². The van der Waals surface area contributed by atoms with Crippen molar-refractivity contribution in [2.45, 2.75) is 26.8 Å². The summed E-state index contributed by atoms with van der Waals surface area (Å²) in [7, 11) is 0. The molecule has 20 heavy (non-hydrogen) atoms. The number of piperazine rings is 1. The number of carbonyl (C=O) groups excluding carboxylic acids is 1. The van der Waals surface area contributed by atoms with Crippen LogP contribution >= 0.6 is 0 Å². The van der Waals surface area contributed by atoms with Crippen molar-refractivity contribution < 1.29 is 9.18 Å². The zero-order valence-corrected chi connectivity index (χ0v) is 12.3. The highest BCUT2D eigenvalue weighted by Crippen LogP contribution is 2.29. The standard InChI is InChI=1S/C15H22FN3O/c1-10-8-15(13(11(2)17)9-14(10)16)19-6-4-18(5-7-19)12(3)20/h8-9,11H,4-7,17H2,1-3H3. The fourth-order valence-electron chi connectivity index (χ4n) is 2.58. The van der Waals surface area contributed by atoms with E-state index in [9.17, 15) is 9.18 Å². The number of hydrogen-bond acceptors (Lipinski definition) is 3. The zero-order valence-electron chi connectivity index (χ0n) is 12.3. The van der Waals surface area contributed by atoms with Gasteiger partial charge in [0.1, 0.15) is 5.82 Å². The first-order valence-electron chi connectivity index (χ1n) is 6.96. The minimum atomic E-state index is -0.219. The highest BCUT2D eigenvalue weighted by Gasteiger charge is 2.22. The molecule has 0 aromatic heterocycles. The van der Waals surface area contributed by atoms with Gasteiger partial charge in [-0.25, -0.2) is 4.39 Å². The average molecular weight is 279 g/mol. The van der Waals surface area contributed by atoms with Crippen LogP contribution in [0.15, 0.2) is 12.1 Å². The molecule has 4 nitrogen and oxygen atoms in total. The van der Waals surface area contributed by atoms with Crippen LogP contribution in [0.2, 0.25) is 0 Å². The van der Waals surface area contributed by atoms with Gasteiger partial charge in [0.15, 0.2) is 0 Å². The van der Waals surface area contributed by atoms with Crippen LogP contribution in [0.4, 0.5) is 10.1 Å². The Morgan fingerprint density at radius 3 is 2.40 bits per heavy atom. The highest BCUT2D eigenvalue weighted by molar-refractivity contribution is 5.73. The Bertz CT molecular complexity index is 508. The Morgan fingerprint density at radius 2 is 1.90 bits per heavy atom. The smallest absolute Gasteiger partial charge is 0.219 e. The van der Waals surface area contributed by atoms with Gasteiger partial charge in [0.05, 0.1) is 0 Å². The van der Waals surface area contributed by atoms with Gasteiger partial charge in [-0.3, -0.25) is 4.79 Å². The van der Waals surface area contributed by atoms with Gasteiger partial charge in [-0.15, -0.1) is 0 Å². The van der Waals surface area contributed by atoms with Gasteiger partial charge < -0.3 is 15.5 Å². The van der Waals surface area contributed by atoms with Crippen LogP contribution in [0.1, 0.15) is 31.0 Å². The first-order valence-corrected chi connectivity index (χ1v) is 6.96. The van der Waals surface area contributed by atoms with Crippen LogP contribution in [0.5, 0.6) is 0 Å². The van der Waals surface area contributed by atoms with E-state index in [-0.39, 0.29) is 17.8 Å². The van der Waals surface area contributed by atoms with Crippen molar-refractivity contribution in [3.05, 3.63) is 29.1 Å². The zero-order chi connectivity index (χ0) is 14.9. The Labute approximate surface area is 119 Å². The summed E-state index contributed by atoms with van der Waals surface area (Å²) in [4.78, 5) is 15.4. The minimum absolute atomic E-state index is 0.104. The first-order chi connectivity index (χ1) is 9.40. The summed E-state index contributed by atoms with van der Waals surface area (Å²) in [5, 5.41) is 0. The van der Waals surface area contributed by atoms with Gasteiger partial charge in [0, 0.05) is 44.8 Å². The lowest BCUT2D eigenvalue weighted by Gasteiger charge is -2.37. The van der Waals surface area contributed by atoms with E-state index in [1.807, 2.05) is 17.9 Å². The molecular weight excluding hydrogens is 257 g/mol. The Kier molecular flexibility index (Phi) is 4.28. The third kappa shape index (κ3) is 2.93. The van der Waals surface area contributed by atoms with Gasteiger partial charge in [-0.05, 0) is 37.1 Å². The summed E-state index contributed by atoms with van der Waals surface area (Å²) < 4.78 is 13.7. The summed E-state index contributed by atoms with van der Waals surface area (Å²) in [6.45, 7) is 8.11. The topological polar surface area (TPSA) is 49.6 Å². The first kappa shape index (κ1) is 14.8. The van der Waals surface area contributed by atoms with E-state index in [0.29, 0.717) is 18.7 Å². The number of benzene rings is 1. The van der Waals surface area contributed by atoms with E-state index in [4.69, 9.17) is 5.73 Å². The van der Waals surface area contributed by atoms with Crippen molar-refractivity contribution >= 4 is 11.6 Å². The number of rotatable bonds is 2. The van der Waals surface area contributed by atoms with Gasteiger partial charge in [-0.2, -0.15) is 0 Å². The largest absolute Gasteiger partial charge is 0.368 e. The summed E-state index contributed by atoms with van der Waals surface area (Å²) >= 11 is 0. The van der Waals surface area contributed by atoms with Gasteiger partial charge in [0.2, 0.25) is 5.91 Å². The minimum Gasteiger partial charge on any atom is -0.368 e. The number of nitrogens with zero attached hydrogens (tertiary/aromatic N) is 2. The number of anilines is 1. The number of carbonyl (C=O) groups is 1. The molecule has 0 spiro atoms. The molecule has 2 rings (SSSR count). The van der Waals surface area contributed by atoms with Crippen LogP contribution in [-0.2, 0) is 4.79 Å². The van der Waals surface area contributed by atoms with Gasteiger partial charge in [-0.1, -0.05) is 0 Å². The molecule has 110 valence electrons. The van der Waals surface area contributed by atoms with Crippen molar-refractivity contribution in [2.24, 2.45) is 5.73 Å². The van der Waals surface area contributed by atoms with Gasteiger partial charge in [0.25, 0.3) is 0 Å².